The molecule has 0 spiro atoms. The summed E-state index contributed by atoms with van der Waals surface area (Å²) in [4.78, 5) is 3.31. The number of methoxy groups -OCH3 is 1. The number of benzene rings is 4. The van der Waals surface area contributed by atoms with E-state index in [1.54, 1.807) is 7.11 Å². The highest BCUT2D eigenvalue weighted by Gasteiger charge is 2.46. The first-order valence-electron chi connectivity index (χ1n) is 12.7. The molecule has 38 heavy (non-hydrogen) atoms. The highest BCUT2D eigenvalue weighted by atomic mass is 79.9. The van der Waals surface area contributed by atoms with Gasteiger partial charge in [0, 0.05) is 34.2 Å². The Morgan fingerprint density at radius 3 is 2.21 bits per heavy atom. The molecule has 0 unspecified atom stereocenters. The summed E-state index contributed by atoms with van der Waals surface area (Å²) in [6.45, 7) is 0.374. The molecule has 5 aromatic rings. The quantitative estimate of drug-likeness (QED) is 0.140. The number of nitrogens with one attached hydrogen (secondary N) is 2. The molecule has 0 aliphatic heterocycles. The van der Waals surface area contributed by atoms with Crippen molar-refractivity contribution in [2.45, 2.75) is 17.7 Å². The van der Waals surface area contributed by atoms with Crippen LogP contribution in [0.4, 0.5) is 0 Å². The van der Waals surface area contributed by atoms with E-state index in [0.29, 0.717) is 0 Å². The SMILES string of the molecule is COCOC[C@H](NC1(c2ccccc2)c2ccccc2-c2ccccc21)[C@H](O)c1c[nH]c2cccc(Br)c12. The second kappa shape index (κ2) is 10.5. The van der Waals surface area contributed by atoms with Crippen molar-refractivity contribution in [2.75, 3.05) is 20.5 Å². The number of fused-ring (bicyclic) bond motifs is 4. The molecule has 4 aromatic carbocycles. The van der Waals surface area contributed by atoms with Crippen molar-refractivity contribution < 1.29 is 14.6 Å². The Kier molecular flexibility index (Phi) is 6.91. The van der Waals surface area contributed by atoms with Crippen LogP contribution in [0.2, 0.25) is 0 Å². The lowest BCUT2D eigenvalue weighted by Gasteiger charge is -2.39. The maximum absolute atomic E-state index is 12.0. The molecule has 0 fully saturated rings. The molecular formula is C32H29BrN2O3. The van der Waals surface area contributed by atoms with Crippen LogP contribution in [0.3, 0.4) is 0 Å². The molecule has 0 radical (unpaired) electrons. The number of hydrogen-bond acceptors (Lipinski definition) is 4. The molecule has 0 saturated carbocycles. The highest BCUT2D eigenvalue weighted by Crippen LogP contribution is 2.51. The Bertz CT molecular complexity index is 1520. The molecule has 2 atom stereocenters. The van der Waals surface area contributed by atoms with E-state index in [2.05, 4.69) is 99.0 Å². The zero-order valence-corrected chi connectivity index (χ0v) is 22.6. The summed E-state index contributed by atoms with van der Waals surface area (Å²) in [5, 5.41) is 16.9. The summed E-state index contributed by atoms with van der Waals surface area (Å²) in [5.74, 6) is 0. The molecular weight excluding hydrogens is 540 g/mol. The van der Waals surface area contributed by atoms with Gasteiger partial charge in [0.2, 0.25) is 0 Å². The molecule has 6 rings (SSSR count). The summed E-state index contributed by atoms with van der Waals surface area (Å²) < 4.78 is 12.0. The van der Waals surface area contributed by atoms with Crippen LogP contribution in [0.1, 0.15) is 28.4 Å². The summed E-state index contributed by atoms with van der Waals surface area (Å²) >= 11 is 3.68. The molecule has 0 amide bonds. The molecule has 1 aromatic heterocycles. The van der Waals surface area contributed by atoms with Crippen LogP contribution in [0.5, 0.6) is 0 Å². The van der Waals surface area contributed by atoms with Crippen molar-refractivity contribution in [3.05, 3.63) is 130 Å². The van der Waals surface area contributed by atoms with Gasteiger partial charge in [-0.1, -0.05) is 101 Å². The lowest BCUT2D eigenvalue weighted by Crippen LogP contribution is -2.52. The van der Waals surface area contributed by atoms with Gasteiger partial charge in [-0.15, -0.1) is 0 Å². The van der Waals surface area contributed by atoms with Crippen LogP contribution in [0.15, 0.2) is 108 Å². The molecule has 0 bridgehead atoms. The molecule has 1 aliphatic rings. The minimum absolute atomic E-state index is 0.133. The number of hydrogen-bond donors (Lipinski definition) is 3. The van der Waals surface area contributed by atoms with Gasteiger partial charge < -0.3 is 19.6 Å². The maximum atomic E-state index is 12.0. The Balaban J connectivity index is 1.53. The van der Waals surface area contributed by atoms with Crippen molar-refractivity contribution in [1.29, 1.82) is 0 Å². The third-order valence-electron chi connectivity index (χ3n) is 7.44. The van der Waals surface area contributed by atoms with Crippen molar-refractivity contribution in [1.82, 2.24) is 10.3 Å². The Morgan fingerprint density at radius 1 is 0.868 bits per heavy atom. The standard InChI is InChI=1S/C32H29BrN2O3/c1-37-20-38-19-29(31(36)24-18-34-28-17-9-16-27(33)30(24)28)35-32(21-10-3-2-4-11-21)25-14-7-5-12-22(25)23-13-6-8-15-26(23)32/h2-18,29,31,34-36H,19-20H2,1H3/t29-,31+/m0/s1. The average Bonchev–Trinajstić information content (AvgIpc) is 3.52. The van der Waals surface area contributed by atoms with Crippen molar-refractivity contribution in [2.24, 2.45) is 0 Å². The van der Waals surface area contributed by atoms with Crippen LogP contribution in [0.25, 0.3) is 22.0 Å². The first-order chi connectivity index (χ1) is 18.6. The Morgan fingerprint density at radius 2 is 1.53 bits per heavy atom. The first-order valence-corrected chi connectivity index (χ1v) is 13.5. The number of aliphatic hydroxyl groups is 1. The fourth-order valence-corrected chi connectivity index (χ4v) is 6.43. The van der Waals surface area contributed by atoms with E-state index >= 15 is 0 Å². The maximum Gasteiger partial charge on any atom is 0.146 e. The van der Waals surface area contributed by atoms with Crippen LogP contribution in [-0.2, 0) is 15.0 Å². The number of ether oxygens (including phenoxy) is 2. The summed E-state index contributed by atoms with van der Waals surface area (Å²) in [7, 11) is 1.60. The largest absolute Gasteiger partial charge is 0.387 e. The van der Waals surface area contributed by atoms with Crippen LogP contribution in [-0.4, -0.2) is 36.6 Å². The normalized spacial score (nSPS) is 15.2. The van der Waals surface area contributed by atoms with Crippen molar-refractivity contribution in [3.63, 3.8) is 0 Å². The fraction of sp³-hybridized carbons (Fsp3) is 0.188. The zero-order valence-electron chi connectivity index (χ0n) is 21.0. The highest BCUT2D eigenvalue weighted by molar-refractivity contribution is 9.10. The van der Waals surface area contributed by atoms with Gasteiger partial charge in [0.1, 0.15) is 6.79 Å². The van der Waals surface area contributed by atoms with E-state index < -0.39 is 17.7 Å². The first kappa shape index (κ1) is 25.0. The third-order valence-corrected chi connectivity index (χ3v) is 8.11. The minimum Gasteiger partial charge on any atom is -0.387 e. The Hall–Kier alpha value is -3.26. The van der Waals surface area contributed by atoms with Gasteiger partial charge in [0.25, 0.3) is 0 Å². The van der Waals surface area contributed by atoms with Crippen LogP contribution in [0, 0.1) is 0 Å². The summed E-state index contributed by atoms with van der Waals surface area (Å²) in [5.41, 5.74) is 6.82. The van der Waals surface area contributed by atoms with E-state index in [1.165, 1.54) is 11.1 Å². The monoisotopic (exact) mass is 568 g/mol. The van der Waals surface area contributed by atoms with Gasteiger partial charge in [-0.2, -0.15) is 0 Å². The molecule has 192 valence electrons. The van der Waals surface area contributed by atoms with Crippen LogP contribution < -0.4 is 5.32 Å². The molecule has 3 N–H and O–H groups in total. The lowest BCUT2D eigenvalue weighted by atomic mass is 9.79. The topological polar surface area (TPSA) is 66.5 Å². The van der Waals surface area contributed by atoms with Crippen LogP contribution >= 0.6 is 15.9 Å². The number of rotatable bonds is 9. The predicted molar refractivity (Wildman–Crippen MR) is 154 cm³/mol. The van der Waals surface area contributed by atoms with E-state index in [4.69, 9.17) is 9.47 Å². The average molecular weight is 569 g/mol. The fourth-order valence-electron chi connectivity index (χ4n) is 5.84. The van der Waals surface area contributed by atoms with Gasteiger partial charge in [-0.25, -0.2) is 0 Å². The van der Waals surface area contributed by atoms with Gasteiger partial charge in [0.15, 0.2) is 0 Å². The van der Waals surface area contributed by atoms with Gasteiger partial charge in [0.05, 0.1) is 24.3 Å². The Labute approximate surface area is 230 Å². The lowest BCUT2D eigenvalue weighted by molar-refractivity contribution is -0.0537. The molecule has 1 heterocycles. The minimum atomic E-state index is -0.875. The summed E-state index contributed by atoms with van der Waals surface area (Å²) in [6.07, 6.45) is 1.01. The number of halogens is 1. The van der Waals surface area contributed by atoms with Gasteiger partial charge >= 0.3 is 0 Å². The van der Waals surface area contributed by atoms with Crippen molar-refractivity contribution >= 4 is 26.8 Å². The molecule has 0 saturated heterocycles. The number of aromatic nitrogens is 1. The van der Waals surface area contributed by atoms with Gasteiger partial charge in [-0.05, 0) is 39.9 Å². The number of H-pyrrole nitrogens is 1. The number of aromatic amines is 1. The van der Waals surface area contributed by atoms with Crippen molar-refractivity contribution in [3.8, 4) is 11.1 Å². The van der Waals surface area contributed by atoms with E-state index in [-0.39, 0.29) is 13.4 Å². The van der Waals surface area contributed by atoms with Gasteiger partial charge in [-0.3, -0.25) is 5.32 Å². The van der Waals surface area contributed by atoms with E-state index in [0.717, 1.165) is 37.6 Å². The molecule has 6 heteroatoms. The van der Waals surface area contributed by atoms with E-state index in [9.17, 15) is 5.11 Å². The smallest absolute Gasteiger partial charge is 0.146 e. The predicted octanol–water partition coefficient (Wildman–Crippen LogP) is 6.52. The second-order valence-electron chi connectivity index (χ2n) is 9.59. The molecule has 5 nitrogen and oxygen atoms in total. The summed E-state index contributed by atoms with van der Waals surface area (Å²) in [6, 6.07) is 33.0. The zero-order chi connectivity index (χ0) is 26.1. The molecule has 1 aliphatic carbocycles. The van der Waals surface area contributed by atoms with E-state index in [1.807, 2.05) is 30.5 Å². The third kappa shape index (κ3) is 4.10. The second-order valence-corrected chi connectivity index (χ2v) is 10.4. The number of aliphatic hydroxyl groups excluding tert-OH is 1.